The zero-order valence-corrected chi connectivity index (χ0v) is 16.0. The molecule has 4 rings (SSSR count). The Labute approximate surface area is 169 Å². The van der Waals surface area contributed by atoms with Crippen LogP contribution in [0, 0.1) is 0 Å². The molecular weight excluding hydrogens is 366 g/mol. The summed E-state index contributed by atoms with van der Waals surface area (Å²) in [6, 6.07) is 14.7. The maximum Gasteiger partial charge on any atom is 0.319 e. The molecule has 0 bridgehead atoms. The van der Waals surface area contributed by atoms with Crippen molar-refractivity contribution in [2.75, 3.05) is 23.3 Å². The van der Waals surface area contributed by atoms with Crippen molar-refractivity contribution in [3.63, 3.8) is 0 Å². The SMILES string of the molecule is O=C(NCCCn1ccnc1)Nc1cccc(C(=O)N2CCc3ccccc32)c1. The lowest BCUT2D eigenvalue weighted by Gasteiger charge is -2.18. The van der Waals surface area contributed by atoms with Gasteiger partial charge in [-0.1, -0.05) is 24.3 Å². The van der Waals surface area contributed by atoms with Gasteiger partial charge in [0.05, 0.1) is 6.33 Å². The first-order chi connectivity index (χ1) is 14.2. The van der Waals surface area contributed by atoms with E-state index in [9.17, 15) is 9.59 Å². The molecule has 2 heterocycles. The Hall–Kier alpha value is -3.61. The van der Waals surface area contributed by atoms with Crippen molar-refractivity contribution in [3.05, 3.63) is 78.4 Å². The molecule has 1 aromatic heterocycles. The zero-order valence-electron chi connectivity index (χ0n) is 16.0. The summed E-state index contributed by atoms with van der Waals surface area (Å²) in [5, 5.41) is 5.63. The topological polar surface area (TPSA) is 79.3 Å². The maximum atomic E-state index is 13.0. The lowest BCUT2D eigenvalue weighted by molar-refractivity contribution is 0.0989. The average molecular weight is 389 g/mol. The van der Waals surface area contributed by atoms with Gasteiger partial charge in [0.15, 0.2) is 0 Å². The van der Waals surface area contributed by atoms with Crippen molar-refractivity contribution < 1.29 is 9.59 Å². The Kier molecular flexibility index (Phi) is 5.56. The van der Waals surface area contributed by atoms with Gasteiger partial charge in [-0.25, -0.2) is 9.78 Å². The van der Waals surface area contributed by atoms with Gasteiger partial charge in [0.1, 0.15) is 0 Å². The summed E-state index contributed by atoms with van der Waals surface area (Å²) in [4.78, 5) is 30.9. The van der Waals surface area contributed by atoms with E-state index in [1.165, 1.54) is 5.56 Å². The first-order valence-electron chi connectivity index (χ1n) is 9.71. The molecular formula is C22H23N5O2. The summed E-state index contributed by atoms with van der Waals surface area (Å²) in [7, 11) is 0. The number of benzene rings is 2. The number of amides is 3. The zero-order chi connectivity index (χ0) is 20.1. The van der Waals surface area contributed by atoms with Crippen molar-refractivity contribution in [1.82, 2.24) is 14.9 Å². The highest BCUT2D eigenvalue weighted by Crippen LogP contribution is 2.29. The number of hydrogen-bond acceptors (Lipinski definition) is 3. The minimum atomic E-state index is -0.285. The molecule has 0 fully saturated rings. The number of carbonyl (C=O) groups is 2. The second kappa shape index (κ2) is 8.60. The molecule has 7 nitrogen and oxygen atoms in total. The number of aromatic nitrogens is 2. The highest BCUT2D eigenvalue weighted by atomic mass is 16.2. The third kappa shape index (κ3) is 4.45. The fourth-order valence-corrected chi connectivity index (χ4v) is 3.49. The molecule has 1 aliphatic rings. The number of anilines is 2. The van der Waals surface area contributed by atoms with Crippen LogP contribution in [0.3, 0.4) is 0 Å². The number of fused-ring (bicyclic) bond motifs is 1. The van der Waals surface area contributed by atoms with E-state index in [0.29, 0.717) is 24.3 Å². The molecule has 0 saturated heterocycles. The van der Waals surface area contributed by atoms with E-state index in [-0.39, 0.29) is 11.9 Å². The highest BCUT2D eigenvalue weighted by Gasteiger charge is 2.25. The fourth-order valence-electron chi connectivity index (χ4n) is 3.49. The number of aryl methyl sites for hydroxylation is 1. The molecule has 0 aliphatic carbocycles. The second-order valence-corrected chi connectivity index (χ2v) is 6.95. The Balaban J connectivity index is 1.32. The molecule has 148 valence electrons. The summed E-state index contributed by atoms with van der Waals surface area (Å²) in [5.74, 6) is -0.0562. The van der Waals surface area contributed by atoms with Crippen molar-refractivity contribution in [2.24, 2.45) is 0 Å². The fraction of sp³-hybridized carbons (Fsp3) is 0.227. The molecule has 0 saturated carbocycles. The number of rotatable bonds is 6. The smallest absolute Gasteiger partial charge is 0.319 e. The standard InChI is InChI=1S/C22H23N5O2/c28-21(27-13-9-17-5-1-2-8-20(17)27)18-6-3-7-19(15-18)25-22(29)24-10-4-12-26-14-11-23-16-26/h1-3,5-8,11,14-16H,4,9-10,12-13H2,(H2,24,25,29). The van der Waals surface area contributed by atoms with Crippen molar-refractivity contribution in [2.45, 2.75) is 19.4 Å². The molecule has 2 aromatic carbocycles. The van der Waals surface area contributed by atoms with Gasteiger partial charge in [-0.3, -0.25) is 4.79 Å². The van der Waals surface area contributed by atoms with E-state index < -0.39 is 0 Å². The van der Waals surface area contributed by atoms with E-state index in [4.69, 9.17) is 0 Å². The van der Waals surface area contributed by atoms with Crippen LogP contribution in [-0.4, -0.2) is 34.6 Å². The summed E-state index contributed by atoms with van der Waals surface area (Å²) >= 11 is 0. The van der Waals surface area contributed by atoms with Gasteiger partial charge < -0.3 is 20.1 Å². The van der Waals surface area contributed by atoms with Crippen LogP contribution in [0.25, 0.3) is 0 Å². The van der Waals surface area contributed by atoms with Gasteiger partial charge in [0.25, 0.3) is 5.91 Å². The minimum Gasteiger partial charge on any atom is -0.338 e. The number of imidazole rings is 1. The van der Waals surface area contributed by atoms with Crippen LogP contribution in [0.15, 0.2) is 67.3 Å². The first kappa shape index (κ1) is 18.7. The Morgan fingerprint density at radius 3 is 2.86 bits per heavy atom. The highest BCUT2D eigenvalue weighted by molar-refractivity contribution is 6.08. The predicted molar refractivity (Wildman–Crippen MR) is 112 cm³/mol. The van der Waals surface area contributed by atoms with Crippen LogP contribution in [0.2, 0.25) is 0 Å². The van der Waals surface area contributed by atoms with E-state index in [2.05, 4.69) is 21.7 Å². The Bertz CT molecular complexity index is 1000. The number of hydrogen-bond donors (Lipinski definition) is 2. The molecule has 2 N–H and O–H groups in total. The molecule has 0 atom stereocenters. The first-order valence-corrected chi connectivity index (χ1v) is 9.71. The quantitative estimate of drug-likeness (QED) is 0.635. The van der Waals surface area contributed by atoms with Crippen molar-refractivity contribution >= 4 is 23.3 Å². The van der Waals surface area contributed by atoms with Crippen molar-refractivity contribution in [1.29, 1.82) is 0 Å². The number of carbonyl (C=O) groups excluding carboxylic acids is 2. The van der Waals surface area contributed by atoms with E-state index in [1.807, 2.05) is 29.0 Å². The average Bonchev–Trinajstić information content (AvgIpc) is 3.41. The number of nitrogens with one attached hydrogen (secondary N) is 2. The van der Waals surface area contributed by atoms with E-state index in [1.54, 1.807) is 41.7 Å². The molecule has 1 aliphatic heterocycles. The summed E-state index contributed by atoms with van der Waals surface area (Å²) in [6.07, 6.45) is 7.04. The predicted octanol–water partition coefficient (Wildman–Crippen LogP) is 3.30. The number of urea groups is 1. The van der Waals surface area contributed by atoms with Crippen LogP contribution in [0.5, 0.6) is 0 Å². The maximum absolute atomic E-state index is 13.0. The van der Waals surface area contributed by atoms with Crippen LogP contribution >= 0.6 is 0 Å². The summed E-state index contributed by atoms with van der Waals surface area (Å²) in [5.41, 5.74) is 3.30. The third-order valence-corrected chi connectivity index (χ3v) is 4.94. The number of nitrogens with zero attached hydrogens (tertiary/aromatic N) is 3. The van der Waals surface area contributed by atoms with Gasteiger partial charge >= 0.3 is 6.03 Å². The molecule has 3 amide bonds. The second-order valence-electron chi connectivity index (χ2n) is 6.95. The van der Waals surface area contributed by atoms with E-state index in [0.717, 1.165) is 25.1 Å². The molecule has 7 heteroatoms. The summed E-state index contributed by atoms with van der Waals surface area (Å²) < 4.78 is 1.96. The molecule has 0 unspecified atom stereocenters. The van der Waals surface area contributed by atoms with E-state index >= 15 is 0 Å². The minimum absolute atomic E-state index is 0.0562. The van der Waals surface area contributed by atoms with Crippen LogP contribution in [0.1, 0.15) is 22.3 Å². The Morgan fingerprint density at radius 1 is 1.10 bits per heavy atom. The third-order valence-electron chi connectivity index (χ3n) is 4.94. The van der Waals surface area contributed by atoms with Crippen LogP contribution in [0.4, 0.5) is 16.2 Å². The molecule has 0 radical (unpaired) electrons. The monoisotopic (exact) mass is 389 g/mol. The lowest BCUT2D eigenvalue weighted by Crippen LogP contribution is -2.31. The van der Waals surface area contributed by atoms with Gasteiger partial charge in [0, 0.05) is 49.0 Å². The molecule has 29 heavy (non-hydrogen) atoms. The Morgan fingerprint density at radius 2 is 2.00 bits per heavy atom. The van der Waals surface area contributed by atoms with Gasteiger partial charge in [-0.15, -0.1) is 0 Å². The van der Waals surface area contributed by atoms with Gasteiger partial charge in [0.2, 0.25) is 0 Å². The van der Waals surface area contributed by atoms with Crippen LogP contribution in [-0.2, 0) is 13.0 Å². The normalized spacial score (nSPS) is 12.5. The van der Waals surface area contributed by atoms with Crippen molar-refractivity contribution in [3.8, 4) is 0 Å². The van der Waals surface area contributed by atoms with Gasteiger partial charge in [-0.05, 0) is 42.7 Å². The largest absolute Gasteiger partial charge is 0.338 e. The molecule has 3 aromatic rings. The number of para-hydroxylation sites is 1. The van der Waals surface area contributed by atoms with Gasteiger partial charge in [-0.2, -0.15) is 0 Å². The lowest BCUT2D eigenvalue weighted by atomic mass is 10.1. The molecule has 0 spiro atoms. The summed E-state index contributed by atoms with van der Waals surface area (Å²) in [6.45, 7) is 2.02. The van der Waals surface area contributed by atoms with Crippen LogP contribution < -0.4 is 15.5 Å².